The van der Waals surface area contributed by atoms with E-state index in [2.05, 4.69) is 4.98 Å². The van der Waals surface area contributed by atoms with Crippen molar-refractivity contribution in [1.82, 2.24) is 4.98 Å². The highest BCUT2D eigenvalue weighted by Crippen LogP contribution is 2.15. The Morgan fingerprint density at radius 3 is 3.00 bits per heavy atom. The predicted octanol–water partition coefficient (Wildman–Crippen LogP) is 0.596. The predicted molar refractivity (Wildman–Crippen MR) is 54.7 cm³/mol. The molecule has 0 saturated carbocycles. The number of hydrogen-bond acceptors (Lipinski definition) is 4. The minimum atomic E-state index is -0.547. The van der Waals surface area contributed by atoms with Crippen LogP contribution in [0.15, 0.2) is 18.5 Å². The summed E-state index contributed by atoms with van der Waals surface area (Å²) in [5, 5.41) is 0. The molecule has 1 aromatic heterocycles. The van der Waals surface area contributed by atoms with Crippen LogP contribution >= 0.6 is 0 Å². The van der Waals surface area contributed by atoms with Crippen LogP contribution in [0.3, 0.4) is 0 Å². The summed E-state index contributed by atoms with van der Waals surface area (Å²) in [6.07, 6.45) is 2.93. The molecule has 0 aliphatic heterocycles. The number of nitrogens with zero attached hydrogens (tertiary/aromatic N) is 1. The summed E-state index contributed by atoms with van der Waals surface area (Å²) in [6.45, 7) is 3.42. The molecule has 5 nitrogen and oxygen atoms in total. The number of carbonyl (C=O) groups is 1. The molecule has 0 aliphatic carbocycles. The Bertz CT molecular complexity index is 328. The van der Waals surface area contributed by atoms with Gasteiger partial charge >= 0.3 is 0 Å². The van der Waals surface area contributed by atoms with Gasteiger partial charge in [0, 0.05) is 19.0 Å². The number of amides is 1. The molecule has 1 rings (SSSR count). The molecular formula is C10H14N2O3. The fraction of sp³-hybridized carbons (Fsp3) is 0.400. The second-order valence-corrected chi connectivity index (χ2v) is 2.78. The van der Waals surface area contributed by atoms with Gasteiger partial charge in [-0.2, -0.15) is 0 Å². The Balaban J connectivity index is 2.56. The van der Waals surface area contributed by atoms with Crippen molar-refractivity contribution in [2.75, 3.05) is 19.8 Å². The van der Waals surface area contributed by atoms with Crippen molar-refractivity contribution in [1.29, 1.82) is 0 Å². The van der Waals surface area contributed by atoms with Crippen LogP contribution in [-0.2, 0) is 4.74 Å². The smallest absolute Gasteiger partial charge is 0.254 e. The molecule has 0 atom stereocenters. The second kappa shape index (κ2) is 5.98. The van der Waals surface area contributed by atoms with Crippen molar-refractivity contribution in [2.24, 2.45) is 5.73 Å². The minimum Gasteiger partial charge on any atom is -0.490 e. The summed E-state index contributed by atoms with van der Waals surface area (Å²) >= 11 is 0. The minimum absolute atomic E-state index is 0.286. The van der Waals surface area contributed by atoms with Gasteiger partial charge in [-0.05, 0) is 13.0 Å². The number of primary amides is 1. The average molecular weight is 210 g/mol. The van der Waals surface area contributed by atoms with E-state index in [4.69, 9.17) is 15.2 Å². The number of pyridine rings is 1. The molecule has 0 fully saturated rings. The topological polar surface area (TPSA) is 74.4 Å². The summed E-state index contributed by atoms with van der Waals surface area (Å²) in [7, 11) is 0. The highest BCUT2D eigenvalue weighted by atomic mass is 16.5. The standard InChI is InChI=1S/C10H14N2O3/c1-2-14-5-6-15-9-3-4-12-7-8(9)10(11)13/h3-4,7H,2,5-6H2,1H3,(H2,11,13). The van der Waals surface area contributed by atoms with Gasteiger partial charge < -0.3 is 15.2 Å². The van der Waals surface area contributed by atoms with Crippen LogP contribution in [0.1, 0.15) is 17.3 Å². The third-order valence-corrected chi connectivity index (χ3v) is 1.74. The van der Waals surface area contributed by atoms with Gasteiger partial charge in [0.15, 0.2) is 0 Å². The van der Waals surface area contributed by atoms with Gasteiger partial charge in [0.25, 0.3) is 5.91 Å². The molecule has 0 spiro atoms. The summed E-state index contributed by atoms with van der Waals surface area (Å²) in [5.74, 6) is -0.105. The Morgan fingerprint density at radius 2 is 2.33 bits per heavy atom. The average Bonchev–Trinajstić information content (AvgIpc) is 2.25. The fourth-order valence-corrected chi connectivity index (χ4v) is 1.05. The highest BCUT2D eigenvalue weighted by molar-refractivity contribution is 5.95. The first kappa shape index (κ1) is 11.5. The molecule has 0 saturated heterocycles. The first-order chi connectivity index (χ1) is 7.25. The van der Waals surface area contributed by atoms with E-state index in [1.54, 1.807) is 12.3 Å². The maximum atomic E-state index is 11.0. The highest BCUT2D eigenvalue weighted by Gasteiger charge is 2.08. The van der Waals surface area contributed by atoms with E-state index in [0.29, 0.717) is 25.6 Å². The van der Waals surface area contributed by atoms with Gasteiger partial charge in [-0.3, -0.25) is 9.78 Å². The number of carbonyl (C=O) groups excluding carboxylic acids is 1. The van der Waals surface area contributed by atoms with Gasteiger partial charge in [-0.1, -0.05) is 0 Å². The van der Waals surface area contributed by atoms with Crippen LogP contribution in [0.5, 0.6) is 5.75 Å². The Hall–Kier alpha value is -1.62. The van der Waals surface area contributed by atoms with Gasteiger partial charge in [0.05, 0.1) is 12.2 Å². The van der Waals surface area contributed by atoms with E-state index < -0.39 is 5.91 Å². The van der Waals surface area contributed by atoms with E-state index in [-0.39, 0.29) is 5.56 Å². The molecule has 1 amide bonds. The quantitative estimate of drug-likeness (QED) is 0.697. The van der Waals surface area contributed by atoms with Crippen LogP contribution in [0.2, 0.25) is 0 Å². The van der Waals surface area contributed by atoms with Crippen molar-refractivity contribution in [3.05, 3.63) is 24.0 Å². The van der Waals surface area contributed by atoms with E-state index in [0.717, 1.165) is 0 Å². The summed E-state index contributed by atoms with van der Waals surface area (Å²) < 4.78 is 10.4. The Kier molecular flexibility index (Phi) is 4.56. The van der Waals surface area contributed by atoms with Crippen LogP contribution < -0.4 is 10.5 Å². The number of hydrogen-bond donors (Lipinski definition) is 1. The number of rotatable bonds is 6. The van der Waals surface area contributed by atoms with E-state index >= 15 is 0 Å². The molecule has 0 aromatic carbocycles. The second-order valence-electron chi connectivity index (χ2n) is 2.78. The van der Waals surface area contributed by atoms with Gasteiger partial charge in [0.1, 0.15) is 12.4 Å². The van der Waals surface area contributed by atoms with E-state index in [9.17, 15) is 4.79 Å². The lowest BCUT2D eigenvalue weighted by Gasteiger charge is -2.08. The zero-order valence-electron chi connectivity index (χ0n) is 8.60. The molecule has 0 radical (unpaired) electrons. The van der Waals surface area contributed by atoms with Crippen LogP contribution in [0.25, 0.3) is 0 Å². The van der Waals surface area contributed by atoms with Crippen LogP contribution in [0, 0.1) is 0 Å². The zero-order valence-corrected chi connectivity index (χ0v) is 8.60. The largest absolute Gasteiger partial charge is 0.490 e. The maximum Gasteiger partial charge on any atom is 0.254 e. The number of ether oxygens (including phenoxy) is 2. The molecule has 82 valence electrons. The van der Waals surface area contributed by atoms with Gasteiger partial charge in [-0.25, -0.2) is 0 Å². The van der Waals surface area contributed by atoms with Crippen molar-refractivity contribution in [2.45, 2.75) is 6.92 Å². The van der Waals surface area contributed by atoms with Crippen molar-refractivity contribution in [3.63, 3.8) is 0 Å². The molecule has 0 aliphatic rings. The fourth-order valence-electron chi connectivity index (χ4n) is 1.05. The molecule has 15 heavy (non-hydrogen) atoms. The van der Waals surface area contributed by atoms with Gasteiger partial charge in [0.2, 0.25) is 0 Å². The SMILES string of the molecule is CCOCCOc1ccncc1C(N)=O. The van der Waals surface area contributed by atoms with Crippen molar-refractivity contribution < 1.29 is 14.3 Å². The monoisotopic (exact) mass is 210 g/mol. The van der Waals surface area contributed by atoms with E-state index in [1.807, 2.05) is 6.92 Å². The maximum absolute atomic E-state index is 11.0. The normalized spacial score (nSPS) is 9.93. The lowest BCUT2D eigenvalue weighted by molar-refractivity contribution is 0.0978. The van der Waals surface area contributed by atoms with Crippen molar-refractivity contribution in [3.8, 4) is 5.75 Å². The molecule has 1 heterocycles. The number of nitrogens with two attached hydrogens (primary N) is 1. The lowest BCUT2D eigenvalue weighted by atomic mass is 10.2. The third kappa shape index (κ3) is 3.55. The summed E-state index contributed by atoms with van der Waals surface area (Å²) in [4.78, 5) is 14.8. The molecule has 5 heteroatoms. The Morgan fingerprint density at radius 1 is 1.53 bits per heavy atom. The van der Waals surface area contributed by atoms with Gasteiger partial charge in [-0.15, -0.1) is 0 Å². The summed E-state index contributed by atoms with van der Waals surface area (Å²) in [5.41, 5.74) is 5.44. The first-order valence-corrected chi connectivity index (χ1v) is 4.70. The third-order valence-electron chi connectivity index (χ3n) is 1.74. The lowest BCUT2D eigenvalue weighted by Crippen LogP contribution is -2.15. The first-order valence-electron chi connectivity index (χ1n) is 4.70. The molecule has 0 unspecified atom stereocenters. The summed E-state index contributed by atoms with van der Waals surface area (Å²) in [6, 6.07) is 1.60. The van der Waals surface area contributed by atoms with Crippen LogP contribution in [-0.4, -0.2) is 30.7 Å². The molecule has 0 bridgehead atoms. The molecule has 1 aromatic rings. The van der Waals surface area contributed by atoms with Crippen molar-refractivity contribution >= 4 is 5.91 Å². The molecule has 2 N–H and O–H groups in total. The molecular weight excluding hydrogens is 196 g/mol. The Labute approximate surface area is 88.2 Å². The van der Waals surface area contributed by atoms with E-state index in [1.165, 1.54) is 6.20 Å². The zero-order chi connectivity index (χ0) is 11.1. The number of aromatic nitrogens is 1. The van der Waals surface area contributed by atoms with Crippen LogP contribution in [0.4, 0.5) is 0 Å².